The second-order valence-electron chi connectivity index (χ2n) is 9.61. The summed E-state index contributed by atoms with van der Waals surface area (Å²) in [5.74, 6) is 0. The van der Waals surface area contributed by atoms with E-state index in [1.54, 1.807) is 5.57 Å². The molecule has 0 aromatic carbocycles. The quantitative estimate of drug-likeness (QED) is 0.127. The Morgan fingerprint density at radius 2 is 1.27 bits per heavy atom. The van der Waals surface area contributed by atoms with Gasteiger partial charge in [-0.05, 0) is 71.6 Å². The summed E-state index contributed by atoms with van der Waals surface area (Å²) in [7, 11) is 0. The summed E-state index contributed by atoms with van der Waals surface area (Å²) in [5, 5.41) is 0. The molecular weight excluding hydrogens is 396 g/mol. The van der Waals surface area contributed by atoms with Crippen molar-refractivity contribution in [1.29, 1.82) is 0 Å². The van der Waals surface area contributed by atoms with Crippen molar-refractivity contribution in [3.05, 3.63) is 71.9 Å². The lowest BCUT2D eigenvalue weighted by molar-refractivity contribution is 0.520. The summed E-state index contributed by atoms with van der Waals surface area (Å²) in [5.41, 5.74) is 2.98. The van der Waals surface area contributed by atoms with Crippen molar-refractivity contribution in [1.82, 2.24) is 0 Å². The van der Waals surface area contributed by atoms with E-state index in [0.29, 0.717) is 0 Å². The number of hydrogen-bond acceptors (Lipinski definition) is 0. The van der Waals surface area contributed by atoms with Gasteiger partial charge in [0, 0.05) is 5.41 Å². The zero-order chi connectivity index (χ0) is 24.6. The number of allylic oxidation sites excluding steroid dienone is 12. The molecule has 0 aliphatic rings. The normalized spacial score (nSPS) is 14.8. The third-order valence-electron chi connectivity index (χ3n) is 6.10. The largest absolute Gasteiger partial charge is 0.0888 e. The van der Waals surface area contributed by atoms with Crippen molar-refractivity contribution in [3.8, 4) is 0 Å². The number of unbranched alkanes of at least 4 members (excludes halogenated alkanes) is 6. The molecule has 0 rings (SSSR count). The smallest absolute Gasteiger partial charge is 0.0277 e. The van der Waals surface area contributed by atoms with E-state index >= 15 is 0 Å². The van der Waals surface area contributed by atoms with Crippen LogP contribution < -0.4 is 0 Å². The molecule has 0 saturated heterocycles. The fourth-order valence-electron chi connectivity index (χ4n) is 4.02. The van der Waals surface area contributed by atoms with Crippen molar-refractivity contribution in [2.24, 2.45) is 5.41 Å². The number of rotatable bonds is 20. The Morgan fingerprint density at radius 1 is 0.606 bits per heavy atom. The first-order valence-corrected chi connectivity index (χ1v) is 14.0. The van der Waals surface area contributed by atoms with E-state index in [-0.39, 0.29) is 5.41 Å². The van der Waals surface area contributed by atoms with Gasteiger partial charge in [0.2, 0.25) is 0 Å². The highest BCUT2D eigenvalue weighted by Crippen LogP contribution is 2.40. The lowest BCUT2D eigenvalue weighted by Crippen LogP contribution is -2.19. The van der Waals surface area contributed by atoms with Gasteiger partial charge < -0.3 is 0 Å². The van der Waals surface area contributed by atoms with Gasteiger partial charge in [-0.3, -0.25) is 0 Å². The molecule has 33 heavy (non-hydrogen) atoms. The van der Waals surface area contributed by atoms with Crippen LogP contribution in [0.25, 0.3) is 0 Å². The molecule has 0 aromatic rings. The predicted molar refractivity (Wildman–Crippen MR) is 154 cm³/mol. The molecule has 0 fully saturated rings. The van der Waals surface area contributed by atoms with Crippen LogP contribution in [0.15, 0.2) is 71.9 Å². The first-order valence-electron chi connectivity index (χ1n) is 14.0. The van der Waals surface area contributed by atoms with Gasteiger partial charge in [-0.25, -0.2) is 0 Å². The van der Waals surface area contributed by atoms with Crippen LogP contribution >= 0.6 is 0 Å². The summed E-state index contributed by atoms with van der Waals surface area (Å²) in [4.78, 5) is 0. The summed E-state index contributed by atoms with van der Waals surface area (Å²) in [6, 6.07) is 0. The van der Waals surface area contributed by atoms with Crippen LogP contribution in [-0.4, -0.2) is 0 Å². The molecule has 0 nitrogen and oxygen atoms in total. The van der Waals surface area contributed by atoms with Gasteiger partial charge in [0.15, 0.2) is 0 Å². The van der Waals surface area contributed by atoms with Gasteiger partial charge in [0.1, 0.15) is 0 Å². The van der Waals surface area contributed by atoms with Crippen LogP contribution in [0.2, 0.25) is 0 Å². The lowest BCUT2D eigenvalue weighted by Gasteiger charge is -2.31. The second kappa shape index (κ2) is 22.2. The van der Waals surface area contributed by atoms with Crippen LogP contribution in [0.1, 0.15) is 131 Å². The third-order valence-corrected chi connectivity index (χ3v) is 6.10. The molecule has 0 aliphatic heterocycles. The van der Waals surface area contributed by atoms with E-state index in [4.69, 9.17) is 0 Å². The van der Waals surface area contributed by atoms with Crippen LogP contribution in [0.3, 0.4) is 0 Å². The van der Waals surface area contributed by atoms with E-state index in [2.05, 4.69) is 102 Å². The SMILES string of the molecule is CCC=CCCC(C=CCCC)(C=CCCCC)C(=CCC=C(C)C)CC=CCCCCC. The molecule has 0 aromatic heterocycles. The Kier molecular flexibility index (Phi) is 21.2. The standard InChI is InChI=1S/C33H56/c1-7-11-15-18-19-20-26-32(27-24-25-31(5)6)33(28-21-14-10-4,29-22-16-12-8-2)30-23-17-13-9-3/h12,16,19-21,23,25,27-28,30H,7-11,13-15,17-18,22,24,26,29H2,1-6H3. The highest BCUT2D eigenvalue weighted by Gasteiger charge is 2.27. The Labute approximate surface area is 208 Å². The Hall–Kier alpha value is -1.56. The van der Waals surface area contributed by atoms with Gasteiger partial charge in [-0.15, -0.1) is 0 Å². The molecular formula is C33H56. The highest BCUT2D eigenvalue weighted by molar-refractivity contribution is 5.32. The van der Waals surface area contributed by atoms with Crippen molar-refractivity contribution >= 4 is 0 Å². The minimum Gasteiger partial charge on any atom is -0.0888 e. The summed E-state index contributed by atoms with van der Waals surface area (Å²) >= 11 is 0. The van der Waals surface area contributed by atoms with Gasteiger partial charge in [-0.2, -0.15) is 0 Å². The average molecular weight is 453 g/mol. The van der Waals surface area contributed by atoms with E-state index < -0.39 is 0 Å². The molecule has 0 N–H and O–H groups in total. The molecule has 0 saturated carbocycles. The third kappa shape index (κ3) is 16.7. The molecule has 188 valence electrons. The monoisotopic (exact) mass is 452 g/mol. The first-order chi connectivity index (χ1) is 16.1. The summed E-state index contributed by atoms with van der Waals surface area (Å²) in [6.45, 7) is 13.5. The minimum absolute atomic E-state index is 0.0181. The summed E-state index contributed by atoms with van der Waals surface area (Å²) < 4.78 is 0. The molecule has 0 radical (unpaired) electrons. The fourth-order valence-corrected chi connectivity index (χ4v) is 4.02. The molecule has 0 aliphatic carbocycles. The molecule has 0 spiro atoms. The van der Waals surface area contributed by atoms with Gasteiger partial charge in [-0.1, -0.05) is 132 Å². The van der Waals surface area contributed by atoms with Crippen molar-refractivity contribution in [2.75, 3.05) is 0 Å². The minimum atomic E-state index is 0.0181. The maximum absolute atomic E-state index is 2.55. The van der Waals surface area contributed by atoms with Gasteiger partial charge in [0.05, 0.1) is 0 Å². The van der Waals surface area contributed by atoms with E-state index in [1.807, 2.05) is 0 Å². The van der Waals surface area contributed by atoms with Crippen LogP contribution in [0, 0.1) is 5.41 Å². The fraction of sp³-hybridized carbons (Fsp3) is 0.636. The molecule has 0 heteroatoms. The van der Waals surface area contributed by atoms with E-state index in [1.165, 1.54) is 56.9 Å². The van der Waals surface area contributed by atoms with Crippen molar-refractivity contribution in [3.63, 3.8) is 0 Å². The van der Waals surface area contributed by atoms with Crippen molar-refractivity contribution < 1.29 is 0 Å². The highest BCUT2D eigenvalue weighted by atomic mass is 14.3. The van der Waals surface area contributed by atoms with Crippen LogP contribution in [0.4, 0.5) is 0 Å². The van der Waals surface area contributed by atoms with E-state index in [0.717, 1.165) is 38.5 Å². The Balaban J connectivity index is 6.10. The predicted octanol–water partition coefficient (Wildman–Crippen LogP) is 11.6. The average Bonchev–Trinajstić information content (AvgIpc) is 2.80. The van der Waals surface area contributed by atoms with Crippen LogP contribution in [0.5, 0.6) is 0 Å². The van der Waals surface area contributed by atoms with Gasteiger partial charge in [0.25, 0.3) is 0 Å². The molecule has 1 unspecified atom stereocenters. The number of hydrogen-bond donors (Lipinski definition) is 0. The lowest BCUT2D eigenvalue weighted by atomic mass is 9.73. The maximum Gasteiger partial charge on any atom is 0.0277 e. The zero-order valence-electron chi connectivity index (χ0n) is 23.2. The topological polar surface area (TPSA) is 0 Å². The van der Waals surface area contributed by atoms with Gasteiger partial charge >= 0.3 is 0 Å². The molecule has 1 atom stereocenters. The molecule has 0 amide bonds. The molecule has 0 bridgehead atoms. The Bertz CT molecular complexity index is 618. The second-order valence-corrected chi connectivity index (χ2v) is 9.61. The summed E-state index contributed by atoms with van der Waals surface area (Å²) in [6.07, 6.45) is 41.1. The van der Waals surface area contributed by atoms with Crippen molar-refractivity contribution in [2.45, 2.75) is 131 Å². The zero-order valence-corrected chi connectivity index (χ0v) is 23.2. The maximum atomic E-state index is 2.55. The van der Waals surface area contributed by atoms with Crippen LogP contribution in [-0.2, 0) is 0 Å². The Morgan fingerprint density at radius 3 is 1.91 bits per heavy atom. The molecule has 0 heterocycles. The van der Waals surface area contributed by atoms with E-state index in [9.17, 15) is 0 Å². The first kappa shape index (κ1) is 31.4.